The number of hydrogen-bond donors (Lipinski definition) is 0. The fourth-order valence-electron chi connectivity index (χ4n) is 9.17. The van der Waals surface area contributed by atoms with E-state index in [1.165, 1.54) is 93.0 Å². The summed E-state index contributed by atoms with van der Waals surface area (Å²) in [6.45, 7) is 0. The van der Waals surface area contributed by atoms with E-state index in [4.69, 9.17) is 0 Å². The van der Waals surface area contributed by atoms with Gasteiger partial charge in [0.05, 0.1) is 33.1 Å². The first-order valence-corrected chi connectivity index (χ1v) is 18.9. The van der Waals surface area contributed by atoms with Gasteiger partial charge in [-0.2, -0.15) is 0 Å². The molecular weight excluding hydrogens is 667 g/mol. The molecule has 0 aliphatic carbocycles. The minimum Gasteiger partial charge on any atom is -0.309 e. The first-order valence-electron chi connectivity index (χ1n) is 18.9. The summed E-state index contributed by atoms with van der Waals surface area (Å²) in [7, 11) is 0. The van der Waals surface area contributed by atoms with Crippen molar-refractivity contribution in [3.05, 3.63) is 200 Å². The van der Waals surface area contributed by atoms with Gasteiger partial charge in [0.2, 0.25) is 0 Å². The second-order valence-electron chi connectivity index (χ2n) is 14.6. The summed E-state index contributed by atoms with van der Waals surface area (Å²) in [4.78, 5) is 0. The van der Waals surface area contributed by atoms with E-state index >= 15 is 0 Å². The highest BCUT2D eigenvalue weighted by Gasteiger charge is 2.22. The van der Waals surface area contributed by atoms with Gasteiger partial charge in [0.15, 0.2) is 0 Å². The Kier molecular flexibility index (Phi) is 6.34. The second kappa shape index (κ2) is 11.6. The molecule has 12 aromatic rings. The minimum absolute atomic E-state index is 1.15. The van der Waals surface area contributed by atoms with Crippen molar-refractivity contribution in [2.24, 2.45) is 0 Å². The normalized spacial score (nSPS) is 12.0. The molecule has 0 saturated carbocycles. The molecule has 0 atom stereocenters. The Labute approximate surface area is 317 Å². The number of para-hydroxylation sites is 4. The lowest BCUT2D eigenvalue weighted by atomic mass is 10.0. The molecule has 0 aliphatic rings. The van der Waals surface area contributed by atoms with E-state index in [1.54, 1.807) is 0 Å². The molecule has 0 N–H and O–H groups in total. The summed E-state index contributed by atoms with van der Waals surface area (Å²) in [6.07, 6.45) is 0. The SMILES string of the molecule is c1ccc(-n2c3ccccc3c3cc(-c4ccc5c(c4)c4ccc6c7ccccc7n(-c7ccccc7)c6c4n5-c4ccc5ccccc5c4)ccc32)cc1. The average molecular weight is 700 g/mol. The topological polar surface area (TPSA) is 14.8 Å². The summed E-state index contributed by atoms with van der Waals surface area (Å²) < 4.78 is 7.34. The zero-order valence-electron chi connectivity index (χ0n) is 29.9. The smallest absolute Gasteiger partial charge is 0.0788 e. The summed E-state index contributed by atoms with van der Waals surface area (Å²) in [6, 6.07) is 73.3. The maximum atomic E-state index is 2.50. The molecule has 0 radical (unpaired) electrons. The zero-order valence-corrected chi connectivity index (χ0v) is 29.9. The number of hydrogen-bond acceptors (Lipinski definition) is 0. The van der Waals surface area contributed by atoms with Crippen molar-refractivity contribution in [1.82, 2.24) is 13.7 Å². The Balaban J connectivity index is 1.17. The van der Waals surface area contributed by atoms with Crippen molar-refractivity contribution in [1.29, 1.82) is 0 Å². The predicted molar refractivity (Wildman–Crippen MR) is 232 cm³/mol. The molecule has 0 bridgehead atoms. The lowest BCUT2D eigenvalue weighted by Crippen LogP contribution is -1.98. The van der Waals surface area contributed by atoms with Crippen LogP contribution in [0.15, 0.2) is 200 Å². The quantitative estimate of drug-likeness (QED) is 0.174. The van der Waals surface area contributed by atoms with Gasteiger partial charge in [0.25, 0.3) is 0 Å². The highest BCUT2D eigenvalue weighted by Crippen LogP contribution is 2.43. The molecule has 256 valence electrons. The van der Waals surface area contributed by atoms with Gasteiger partial charge >= 0.3 is 0 Å². The number of benzene rings is 9. The van der Waals surface area contributed by atoms with Gasteiger partial charge in [0, 0.05) is 49.4 Å². The molecular formula is C52H33N3. The number of nitrogens with zero attached hydrogens (tertiary/aromatic N) is 3. The maximum Gasteiger partial charge on any atom is 0.0788 e. The van der Waals surface area contributed by atoms with Crippen LogP contribution in [0.1, 0.15) is 0 Å². The molecule has 0 saturated heterocycles. The summed E-state index contributed by atoms with van der Waals surface area (Å²) in [5.74, 6) is 0. The van der Waals surface area contributed by atoms with Crippen LogP contribution in [0.25, 0.3) is 104 Å². The van der Waals surface area contributed by atoms with Crippen molar-refractivity contribution in [3.63, 3.8) is 0 Å². The fourth-order valence-corrected chi connectivity index (χ4v) is 9.17. The molecule has 3 aromatic heterocycles. The largest absolute Gasteiger partial charge is 0.309 e. The van der Waals surface area contributed by atoms with Crippen molar-refractivity contribution in [2.75, 3.05) is 0 Å². The molecule has 0 aliphatic heterocycles. The van der Waals surface area contributed by atoms with Crippen LogP contribution in [0.2, 0.25) is 0 Å². The van der Waals surface area contributed by atoms with E-state index < -0.39 is 0 Å². The molecule has 0 amide bonds. The number of rotatable bonds is 4. The van der Waals surface area contributed by atoms with Crippen molar-refractivity contribution >= 4 is 76.2 Å². The Hall–Kier alpha value is -7.36. The third kappa shape index (κ3) is 4.38. The predicted octanol–water partition coefficient (Wildman–Crippen LogP) is 13.8. The standard InChI is InChI=1S/C52H33N3/c1-3-15-38(16-4-1)53-47-21-11-10-20-42(47)45-32-36(24-29-49(45)53)37-25-30-50-46(33-37)44-28-27-43-41-19-9-12-22-48(41)54(39-17-5-2-6-18-39)51(43)52(44)55(50)40-26-23-34-13-7-8-14-35(34)31-40/h1-33H. The first-order chi connectivity index (χ1) is 27.3. The number of aromatic nitrogens is 3. The van der Waals surface area contributed by atoms with E-state index in [0.29, 0.717) is 0 Å². The van der Waals surface area contributed by atoms with E-state index in [2.05, 4.69) is 214 Å². The van der Waals surface area contributed by atoms with Gasteiger partial charge < -0.3 is 13.7 Å². The van der Waals surface area contributed by atoms with Gasteiger partial charge in [-0.25, -0.2) is 0 Å². The summed E-state index contributed by atoms with van der Waals surface area (Å²) in [5, 5.41) is 9.95. The molecule has 0 spiro atoms. The highest BCUT2D eigenvalue weighted by atomic mass is 15.0. The summed E-state index contributed by atoms with van der Waals surface area (Å²) >= 11 is 0. The molecule has 0 fully saturated rings. The highest BCUT2D eigenvalue weighted by molar-refractivity contribution is 6.24. The van der Waals surface area contributed by atoms with Crippen molar-refractivity contribution in [2.45, 2.75) is 0 Å². The van der Waals surface area contributed by atoms with Crippen LogP contribution in [0.4, 0.5) is 0 Å². The van der Waals surface area contributed by atoms with Gasteiger partial charge in [-0.3, -0.25) is 0 Å². The van der Waals surface area contributed by atoms with E-state index in [0.717, 1.165) is 11.4 Å². The molecule has 9 aromatic carbocycles. The molecule has 12 rings (SSSR count). The van der Waals surface area contributed by atoms with Crippen LogP contribution in [0.5, 0.6) is 0 Å². The van der Waals surface area contributed by atoms with Crippen molar-refractivity contribution in [3.8, 4) is 28.2 Å². The molecule has 3 nitrogen and oxygen atoms in total. The molecule has 0 unspecified atom stereocenters. The lowest BCUT2D eigenvalue weighted by Gasteiger charge is -2.13. The van der Waals surface area contributed by atoms with Crippen LogP contribution in [0.3, 0.4) is 0 Å². The minimum atomic E-state index is 1.15. The van der Waals surface area contributed by atoms with Gasteiger partial charge in [-0.05, 0) is 94.7 Å². The van der Waals surface area contributed by atoms with Crippen LogP contribution in [0, 0.1) is 0 Å². The Morgan fingerprint density at radius 1 is 0.236 bits per heavy atom. The zero-order chi connectivity index (χ0) is 36.0. The molecule has 55 heavy (non-hydrogen) atoms. The van der Waals surface area contributed by atoms with Crippen molar-refractivity contribution < 1.29 is 0 Å². The fraction of sp³-hybridized carbons (Fsp3) is 0. The third-order valence-corrected chi connectivity index (χ3v) is 11.6. The van der Waals surface area contributed by atoms with Gasteiger partial charge in [-0.15, -0.1) is 0 Å². The Bertz CT molecular complexity index is 3470. The maximum absolute atomic E-state index is 2.50. The van der Waals surface area contributed by atoms with Gasteiger partial charge in [0.1, 0.15) is 0 Å². The Morgan fingerprint density at radius 3 is 1.36 bits per heavy atom. The van der Waals surface area contributed by atoms with Crippen LogP contribution < -0.4 is 0 Å². The van der Waals surface area contributed by atoms with E-state index in [-0.39, 0.29) is 0 Å². The van der Waals surface area contributed by atoms with Crippen LogP contribution >= 0.6 is 0 Å². The molecule has 3 heteroatoms. The van der Waals surface area contributed by atoms with Crippen LogP contribution in [-0.4, -0.2) is 13.7 Å². The first kappa shape index (κ1) is 30.1. The monoisotopic (exact) mass is 699 g/mol. The second-order valence-corrected chi connectivity index (χ2v) is 14.6. The van der Waals surface area contributed by atoms with Crippen LogP contribution in [-0.2, 0) is 0 Å². The number of fused-ring (bicyclic) bond motifs is 11. The summed E-state index contributed by atoms with van der Waals surface area (Å²) in [5.41, 5.74) is 13.1. The molecule has 3 heterocycles. The Morgan fingerprint density at radius 2 is 0.691 bits per heavy atom. The van der Waals surface area contributed by atoms with E-state index in [9.17, 15) is 0 Å². The average Bonchev–Trinajstić information content (AvgIpc) is 3.89. The third-order valence-electron chi connectivity index (χ3n) is 11.6. The lowest BCUT2D eigenvalue weighted by molar-refractivity contribution is 1.15. The van der Waals surface area contributed by atoms with E-state index in [1.807, 2.05) is 0 Å². The van der Waals surface area contributed by atoms with Gasteiger partial charge in [-0.1, -0.05) is 127 Å².